The minimum Gasteiger partial charge on any atom is -0.588 e. The van der Waals surface area contributed by atoms with Crippen molar-refractivity contribution in [1.82, 2.24) is 3.97 Å². The molecule has 47 heavy (non-hydrogen) atoms. The lowest BCUT2D eigenvalue weighted by atomic mass is 9.90. The van der Waals surface area contributed by atoms with Crippen LogP contribution in [0.15, 0.2) is 108 Å². The van der Waals surface area contributed by atoms with Crippen LogP contribution in [-0.2, 0) is 16.1 Å². The van der Waals surface area contributed by atoms with Gasteiger partial charge in [-0.3, -0.25) is 0 Å². The van der Waals surface area contributed by atoms with Crippen LogP contribution in [0.5, 0.6) is 0 Å². The molecule has 9 heteroatoms. The molecule has 0 aliphatic heterocycles. The Morgan fingerprint density at radius 2 is 1.64 bits per heavy atom. The molecule has 1 aliphatic carbocycles. The Hall–Kier alpha value is -4.98. The summed E-state index contributed by atoms with van der Waals surface area (Å²) in [6, 6.07) is 30.2. The molecule has 232 valence electrons. The van der Waals surface area contributed by atoms with Gasteiger partial charge in [0.15, 0.2) is 4.91 Å². The second kappa shape index (κ2) is 13.4. The van der Waals surface area contributed by atoms with Gasteiger partial charge in [-0.1, -0.05) is 63.8 Å². The number of benzene rings is 4. The number of carbonyl (C=O) groups excluding carboxylic acids is 1. The number of fused-ring (bicyclic) bond motifs is 1. The fourth-order valence-corrected chi connectivity index (χ4v) is 7.77. The first-order valence-electron chi connectivity index (χ1n) is 14.9. The number of ether oxygens (including phenoxy) is 1. The van der Waals surface area contributed by atoms with Crippen molar-refractivity contribution in [2.75, 3.05) is 7.11 Å². The number of rotatable bonds is 7. The van der Waals surface area contributed by atoms with Crippen molar-refractivity contribution in [3.63, 3.8) is 0 Å². The van der Waals surface area contributed by atoms with E-state index in [0.717, 1.165) is 27.6 Å². The van der Waals surface area contributed by atoms with Gasteiger partial charge in [0.1, 0.15) is 23.0 Å². The number of para-hydroxylation sites is 1. The first kappa shape index (κ1) is 32.0. The molecule has 6 nitrogen and oxygen atoms in total. The molecule has 0 radical (unpaired) electrons. The van der Waals surface area contributed by atoms with Crippen LogP contribution in [0.4, 0.5) is 4.39 Å². The number of allylic oxidation sites excluding steroid dienone is 4. The average molecular weight is 658 g/mol. The summed E-state index contributed by atoms with van der Waals surface area (Å²) in [6.45, 7) is 1.92. The maximum Gasteiger partial charge on any atom is 0.337 e. The molecule has 0 fully saturated rings. The molecule has 3 unspecified atom stereocenters. The van der Waals surface area contributed by atoms with Gasteiger partial charge in [-0.15, -0.1) is 0 Å². The highest BCUT2D eigenvalue weighted by atomic mass is 32.2. The number of methoxy groups -OCH3 is 1. The molecule has 0 saturated heterocycles. The van der Waals surface area contributed by atoms with Crippen molar-refractivity contribution in [3.8, 4) is 45.6 Å². The largest absolute Gasteiger partial charge is 0.588 e. The number of esters is 1. The third-order valence-electron chi connectivity index (χ3n) is 8.37. The van der Waals surface area contributed by atoms with Gasteiger partial charge in [0.05, 0.1) is 41.5 Å². The minimum atomic E-state index is -1.73. The van der Waals surface area contributed by atoms with Crippen molar-refractivity contribution in [3.05, 3.63) is 130 Å². The van der Waals surface area contributed by atoms with E-state index in [0.29, 0.717) is 62.3 Å². The van der Waals surface area contributed by atoms with Gasteiger partial charge in [-0.05, 0) is 78.1 Å². The van der Waals surface area contributed by atoms with Gasteiger partial charge in [0.25, 0.3) is 0 Å². The molecular weight excluding hydrogens is 628 g/mol. The summed E-state index contributed by atoms with van der Waals surface area (Å²) >= 11 is -1.73. The summed E-state index contributed by atoms with van der Waals surface area (Å²) in [7, 11) is 3.51. The lowest BCUT2D eigenvalue weighted by Crippen LogP contribution is -2.18. The van der Waals surface area contributed by atoms with Crippen LogP contribution < -0.4 is 0 Å². The van der Waals surface area contributed by atoms with E-state index >= 15 is 0 Å². The zero-order chi connectivity index (χ0) is 33.2. The average Bonchev–Trinajstić information content (AvgIpc) is 3.45. The van der Waals surface area contributed by atoms with E-state index in [4.69, 9.17) is 4.74 Å². The predicted molar refractivity (Wildman–Crippen MR) is 187 cm³/mol. The monoisotopic (exact) mass is 657 g/mol. The highest BCUT2D eigenvalue weighted by Crippen LogP contribution is 2.46. The second-order valence-corrected chi connectivity index (χ2v) is 13.1. The molecule has 1 heterocycles. The molecule has 1 aliphatic rings. The predicted octanol–water partition coefficient (Wildman–Crippen LogP) is 8.77. The van der Waals surface area contributed by atoms with E-state index in [-0.39, 0.29) is 0 Å². The van der Waals surface area contributed by atoms with Crippen LogP contribution in [0.2, 0.25) is 0 Å². The Kier molecular flexibility index (Phi) is 9.12. The summed E-state index contributed by atoms with van der Waals surface area (Å²) in [5, 5.41) is 21.2. The number of aryl methyl sites for hydroxylation is 1. The first-order valence-corrected chi connectivity index (χ1v) is 16.6. The lowest BCUT2D eigenvalue weighted by molar-refractivity contribution is 0.0600. The van der Waals surface area contributed by atoms with Crippen LogP contribution >= 0.6 is 9.24 Å². The van der Waals surface area contributed by atoms with Crippen molar-refractivity contribution >= 4 is 37.5 Å². The highest BCUT2D eigenvalue weighted by Gasteiger charge is 2.32. The molecule has 6 rings (SSSR count). The fourth-order valence-electron chi connectivity index (χ4n) is 6.10. The Morgan fingerprint density at radius 1 is 0.936 bits per heavy atom. The lowest BCUT2D eigenvalue weighted by Gasteiger charge is -2.21. The van der Waals surface area contributed by atoms with Crippen LogP contribution in [-0.4, -0.2) is 27.5 Å². The van der Waals surface area contributed by atoms with Gasteiger partial charge >= 0.3 is 5.97 Å². The second-order valence-electron chi connectivity index (χ2n) is 11.1. The zero-order valence-corrected chi connectivity index (χ0v) is 27.6. The Bertz CT molecular complexity index is 2170. The van der Waals surface area contributed by atoms with E-state index in [1.807, 2.05) is 61.5 Å². The number of hydrogen-bond donors (Lipinski definition) is 0. The van der Waals surface area contributed by atoms with Crippen LogP contribution in [0.3, 0.4) is 0 Å². The van der Waals surface area contributed by atoms with Crippen molar-refractivity contribution < 1.29 is 18.5 Å². The maximum atomic E-state index is 14.7. The van der Waals surface area contributed by atoms with E-state index in [1.165, 1.54) is 7.11 Å². The molecule has 0 saturated carbocycles. The molecular formula is C38H29FN3O3PS. The van der Waals surface area contributed by atoms with Gasteiger partial charge in [-0.2, -0.15) is 14.5 Å². The Morgan fingerprint density at radius 3 is 2.28 bits per heavy atom. The van der Waals surface area contributed by atoms with Crippen molar-refractivity contribution in [1.29, 1.82) is 10.5 Å². The molecule has 1 aromatic heterocycles. The summed E-state index contributed by atoms with van der Waals surface area (Å²) in [4.78, 5) is 12.8. The number of carbonyl (C=O) groups is 1. The minimum absolute atomic E-state index is 0.322. The Labute approximate surface area is 277 Å². The van der Waals surface area contributed by atoms with E-state index in [2.05, 4.69) is 21.4 Å². The number of halogens is 1. The summed E-state index contributed by atoms with van der Waals surface area (Å²) in [5.74, 6) is -1.59. The third kappa shape index (κ3) is 5.88. The van der Waals surface area contributed by atoms with E-state index in [1.54, 1.807) is 46.5 Å². The summed E-state index contributed by atoms with van der Waals surface area (Å²) < 4.78 is 35.4. The smallest absolute Gasteiger partial charge is 0.337 e. The standard InChI is InChI=1S/C38H29FN3O3PS/c1-23-19-27(38(43)45-2)15-18-31(23)25-7-5-8-26(20-25)36-35(34-28(21-40)9-6-10-29(34)22-41)32-11-3-4-12-33(32)42(36)47(44)30-16-13-24(14-17-30)37(39)46/h3-13,15-16,18-20,37H,14,17,46H2,1-2H3. The molecule has 0 bridgehead atoms. The van der Waals surface area contributed by atoms with Crippen molar-refractivity contribution in [2.24, 2.45) is 0 Å². The quantitative estimate of drug-likeness (QED) is 0.0989. The van der Waals surface area contributed by atoms with E-state index in [9.17, 15) is 24.3 Å². The third-order valence-corrected chi connectivity index (χ3v) is 10.3. The zero-order valence-electron chi connectivity index (χ0n) is 25.7. The van der Waals surface area contributed by atoms with Crippen LogP contribution in [0, 0.1) is 29.6 Å². The first-order chi connectivity index (χ1) is 22.8. The van der Waals surface area contributed by atoms with Gasteiger partial charge < -0.3 is 9.29 Å². The molecule has 0 amide bonds. The van der Waals surface area contributed by atoms with Crippen LogP contribution in [0.25, 0.3) is 44.4 Å². The topological polar surface area (TPSA) is 102 Å². The normalized spacial score (nSPS) is 14.0. The molecule has 4 aromatic carbocycles. The van der Waals surface area contributed by atoms with Crippen molar-refractivity contribution in [2.45, 2.75) is 25.7 Å². The highest BCUT2D eigenvalue weighted by molar-refractivity contribution is 7.94. The van der Waals surface area contributed by atoms with Gasteiger partial charge in [0.2, 0.25) is 0 Å². The van der Waals surface area contributed by atoms with Gasteiger partial charge in [0, 0.05) is 28.5 Å². The van der Waals surface area contributed by atoms with E-state index < -0.39 is 23.2 Å². The molecule has 3 atom stereocenters. The number of aromatic nitrogens is 1. The van der Waals surface area contributed by atoms with Gasteiger partial charge in [-0.25, -0.2) is 9.18 Å². The number of alkyl halides is 1. The molecule has 0 N–H and O–H groups in total. The molecule has 5 aromatic rings. The number of nitriles is 2. The number of hydrogen-bond acceptors (Lipinski definition) is 5. The summed E-state index contributed by atoms with van der Waals surface area (Å²) in [5.41, 5.74) is 7.39. The number of nitrogens with zero attached hydrogens (tertiary/aromatic N) is 3. The summed E-state index contributed by atoms with van der Waals surface area (Å²) in [6.07, 6.45) is 4.28. The maximum absolute atomic E-state index is 14.7. The SMILES string of the molecule is COC(=O)c1ccc(-c2cccc(-c3c(-c4c(C#N)cccc4C#N)c4ccccc4n3[S+]([O-])C3=CC=C(C(F)P)CC3)c2)c(C)c1. The molecule has 0 spiro atoms. The van der Waals surface area contributed by atoms with Crippen LogP contribution in [0.1, 0.15) is 39.9 Å². The Balaban J connectivity index is 1.66. The fraction of sp³-hybridized carbons (Fsp3) is 0.132.